The number of nitrogens with one attached hydrogen (secondary N) is 2. The number of carbonyl (C=O) groups is 2. The molecule has 9 nitrogen and oxygen atoms in total. The second kappa shape index (κ2) is 8.11. The molecule has 25 heavy (non-hydrogen) atoms. The lowest BCUT2D eigenvalue weighted by molar-refractivity contribution is -0.125. The van der Waals surface area contributed by atoms with Crippen LogP contribution in [0, 0.1) is 6.92 Å². The molecule has 0 spiro atoms. The first kappa shape index (κ1) is 17.4. The normalized spacial score (nSPS) is 20.3. The molecule has 9 heteroatoms. The SMILES string of the molecule is Cc1nc(OCCNC(=O)C2CCC(=O)N2)cc(N2CCOCC2)n1. The predicted molar refractivity (Wildman–Crippen MR) is 89.5 cm³/mol. The summed E-state index contributed by atoms with van der Waals surface area (Å²) in [5, 5.41) is 5.39. The lowest BCUT2D eigenvalue weighted by Crippen LogP contribution is -2.42. The number of hydrogen-bond acceptors (Lipinski definition) is 7. The third kappa shape index (κ3) is 4.79. The zero-order valence-electron chi connectivity index (χ0n) is 14.3. The van der Waals surface area contributed by atoms with E-state index < -0.39 is 6.04 Å². The van der Waals surface area contributed by atoms with Crippen molar-refractivity contribution in [1.29, 1.82) is 0 Å². The number of anilines is 1. The zero-order chi connectivity index (χ0) is 17.6. The average molecular weight is 349 g/mol. The van der Waals surface area contributed by atoms with Gasteiger partial charge in [-0.05, 0) is 13.3 Å². The number of morpholine rings is 1. The van der Waals surface area contributed by atoms with Crippen molar-refractivity contribution in [2.75, 3.05) is 44.4 Å². The number of aromatic nitrogens is 2. The minimum absolute atomic E-state index is 0.0801. The minimum atomic E-state index is -0.429. The molecule has 2 N–H and O–H groups in total. The maximum atomic E-state index is 11.9. The Bertz CT molecular complexity index is 633. The summed E-state index contributed by atoms with van der Waals surface area (Å²) in [5.41, 5.74) is 0. The highest BCUT2D eigenvalue weighted by Gasteiger charge is 2.26. The van der Waals surface area contributed by atoms with Gasteiger partial charge < -0.3 is 25.0 Å². The van der Waals surface area contributed by atoms with Crippen LogP contribution in [0.2, 0.25) is 0 Å². The topological polar surface area (TPSA) is 106 Å². The van der Waals surface area contributed by atoms with Gasteiger partial charge in [-0.2, -0.15) is 4.98 Å². The smallest absolute Gasteiger partial charge is 0.242 e. The van der Waals surface area contributed by atoms with Crippen LogP contribution in [0.25, 0.3) is 0 Å². The van der Waals surface area contributed by atoms with Crippen LogP contribution in [0.4, 0.5) is 5.82 Å². The molecule has 0 bridgehead atoms. The minimum Gasteiger partial charge on any atom is -0.476 e. The second-order valence-corrected chi connectivity index (χ2v) is 6.01. The maximum Gasteiger partial charge on any atom is 0.242 e. The van der Waals surface area contributed by atoms with Crippen molar-refractivity contribution < 1.29 is 19.1 Å². The Labute approximate surface area is 146 Å². The van der Waals surface area contributed by atoms with E-state index in [4.69, 9.17) is 9.47 Å². The Kier molecular flexibility index (Phi) is 5.64. The fourth-order valence-electron chi connectivity index (χ4n) is 2.82. The van der Waals surface area contributed by atoms with Gasteiger partial charge in [0.05, 0.1) is 19.8 Å². The van der Waals surface area contributed by atoms with E-state index in [0.717, 1.165) is 18.9 Å². The van der Waals surface area contributed by atoms with Crippen molar-refractivity contribution in [3.63, 3.8) is 0 Å². The van der Waals surface area contributed by atoms with Crippen LogP contribution >= 0.6 is 0 Å². The van der Waals surface area contributed by atoms with Gasteiger partial charge >= 0.3 is 0 Å². The fourth-order valence-corrected chi connectivity index (χ4v) is 2.82. The molecule has 136 valence electrons. The Morgan fingerprint density at radius 2 is 2.24 bits per heavy atom. The van der Waals surface area contributed by atoms with E-state index in [1.807, 2.05) is 6.92 Å². The molecule has 1 aromatic heterocycles. The van der Waals surface area contributed by atoms with Crippen molar-refractivity contribution >= 4 is 17.6 Å². The molecule has 0 saturated carbocycles. The Balaban J connectivity index is 1.47. The molecule has 2 saturated heterocycles. The van der Waals surface area contributed by atoms with Crippen LogP contribution < -0.4 is 20.3 Å². The van der Waals surface area contributed by atoms with E-state index in [1.165, 1.54) is 0 Å². The predicted octanol–water partition coefficient (Wildman–Crippen LogP) is -0.605. The summed E-state index contributed by atoms with van der Waals surface area (Å²) in [4.78, 5) is 33.9. The number of rotatable bonds is 6. The van der Waals surface area contributed by atoms with E-state index in [2.05, 4.69) is 25.5 Å². The molecule has 0 aliphatic carbocycles. The number of nitrogens with zero attached hydrogens (tertiary/aromatic N) is 3. The third-order valence-electron chi connectivity index (χ3n) is 4.10. The summed E-state index contributed by atoms with van der Waals surface area (Å²) < 4.78 is 11.0. The number of ether oxygens (including phenoxy) is 2. The van der Waals surface area contributed by atoms with E-state index >= 15 is 0 Å². The molecule has 3 rings (SSSR count). The molecule has 2 aliphatic heterocycles. The van der Waals surface area contributed by atoms with Gasteiger partial charge in [-0.1, -0.05) is 0 Å². The lowest BCUT2D eigenvalue weighted by atomic mass is 10.2. The first-order chi connectivity index (χ1) is 12.1. The van der Waals surface area contributed by atoms with Crippen molar-refractivity contribution in [2.45, 2.75) is 25.8 Å². The van der Waals surface area contributed by atoms with Gasteiger partial charge in [0.15, 0.2) is 0 Å². The van der Waals surface area contributed by atoms with E-state index in [9.17, 15) is 9.59 Å². The Morgan fingerprint density at radius 1 is 1.44 bits per heavy atom. The lowest BCUT2D eigenvalue weighted by Gasteiger charge is -2.28. The van der Waals surface area contributed by atoms with Crippen LogP contribution in [-0.4, -0.2) is 67.3 Å². The third-order valence-corrected chi connectivity index (χ3v) is 4.10. The van der Waals surface area contributed by atoms with Crippen molar-refractivity contribution in [2.24, 2.45) is 0 Å². The van der Waals surface area contributed by atoms with E-state index in [-0.39, 0.29) is 11.8 Å². The monoisotopic (exact) mass is 349 g/mol. The summed E-state index contributed by atoms with van der Waals surface area (Å²) in [7, 11) is 0. The number of hydrogen-bond donors (Lipinski definition) is 2. The van der Waals surface area contributed by atoms with Crippen molar-refractivity contribution in [1.82, 2.24) is 20.6 Å². The summed E-state index contributed by atoms with van der Waals surface area (Å²) in [6.07, 6.45) is 0.943. The molecule has 2 amide bonds. The average Bonchev–Trinajstić information content (AvgIpc) is 3.05. The van der Waals surface area contributed by atoms with Gasteiger partial charge in [0.25, 0.3) is 0 Å². The largest absolute Gasteiger partial charge is 0.476 e. The maximum absolute atomic E-state index is 11.9. The molecule has 1 unspecified atom stereocenters. The molecular formula is C16H23N5O4. The number of aryl methyl sites for hydroxylation is 1. The highest BCUT2D eigenvalue weighted by atomic mass is 16.5. The molecule has 3 heterocycles. The van der Waals surface area contributed by atoms with Gasteiger partial charge in [0.2, 0.25) is 17.7 Å². The summed E-state index contributed by atoms with van der Waals surface area (Å²) in [6, 6.07) is 1.37. The molecule has 0 radical (unpaired) electrons. The van der Waals surface area contributed by atoms with Crippen molar-refractivity contribution in [3.05, 3.63) is 11.9 Å². The fraction of sp³-hybridized carbons (Fsp3) is 0.625. The van der Waals surface area contributed by atoms with E-state index in [1.54, 1.807) is 6.07 Å². The molecule has 0 aromatic carbocycles. The highest BCUT2D eigenvalue weighted by Crippen LogP contribution is 2.18. The van der Waals surface area contributed by atoms with Gasteiger partial charge in [-0.25, -0.2) is 4.98 Å². The Hall–Kier alpha value is -2.42. The van der Waals surface area contributed by atoms with Crippen LogP contribution in [0.5, 0.6) is 5.88 Å². The highest BCUT2D eigenvalue weighted by molar-refractivity contribution is 5.90. The quantitative estimate of drug-likeness (QED) is 0.660. The van der Waals surface area contributed by atoms with Crippen LogP contribution in [-0.2, 0) is 14.3 Å². The molecule has 1 atom stereocenters. The van der Waals surface area contributed by atoms with Crippen LogP contribution in [0.3, 0.4) is 0 Å². The summed E-state index contributed by atoms with van der Waals surface area (Å²) in [6.45, 7) is 5.41. The molecule has 1 aromatic rings. The van der Waals surface area contributed by atoms with Crippen molar-refractivity contribution in [3.8, 4) is 5.88 Å². The molecule has 2 aliphatic rings. The molecule has 2 fully saturated rings. The number of amides is 2. The number of carbonyl (C=O) groups excluding carboxylic acids is 2. The Morgan fingerprint density at radius 3 is 2.96 bits per heavy atom. The molecular weight excluding hydrogens is 326 g/mol. The van der Waals surface area contributed by atoms with Gasteiger partial charge in [-0.15, -0.1) is 0 Å². The van der Waals surface area contributed by atoms with Gasteiger partial charge in [0, 0.05) is 25.6 Å². The van der Waals surface area contributed by atoms with Gasteiger partial charge in [-0.3, -0.25) is 9.59 Å². The summed E-state index contributed by atoms with van der Waals surface area (Å²) >= 11 is 0. The standard InChI is InChI=1S/C16H23N5O4/c1-11-18-13(21-5-8-24-9-6-21)10-15(19-11)25-7-4-17-16(23)12-2-3-14(22)20-12/h10,12H,2-9H2,1H3,(H,17,23)(H,20,22). The zero-order valence-corrected chi connectivity index (χ0v) is 14.3. The van der Waals surface area contributed by atoms with Crippen LogP contribution in [0.1, 0.15) is 18.7 Å². The van der Waals surface area contributed by atoms with Crippen LogP contribution in [0.15, 0.2) is 6.07 Å². The second-order valence-electron chi connectivity index (χ2n) is 6.01. The summed E-state index contributed by atoms with van der Waals surface area (Å²) in [5.74, 6) is 1.68. The van der Waals surface area contributed by atoms with E-state index in [0.29, 0.717) is 50.9 Å². The van der Waals surface area contributed by atoms with Gasteiger partial charge in [0.1, 0.15) is 24.3 Å². The first-order valence-corrected chi connectivity index (χ1v) is 8.50. The first-order valence-electron chi connectivity index (χ1n) is 8.50.